The highest BCUT2D eigenvalue weighted by Crippen LogP contribution is 2.34. The minimum atomic E-state index is -0.122. The zero-order chi connectivity index (χ0) is 13.9. The summed E-state index contributed by atoms with van der Waals surface area (Å²) in [6, 6.07) is 13.7. The molecule has 0 spiro atoms. The maximum Gasteiger partial charge on any atom is 0.223 e. The number of nitrogens with zero attached hydrogens (tertiary/aromatic N) is 1. The van der Waals surface area contributed by atoms with Crippen molar-refractivity contribution in [1.29, 1.82) is 0 Å². The van der Waals surface area contributed by atoms with Gasteiger partial charge in [0, 0.05) is 18.3 Å². The van der Waals surface area contributed by atoms with Crippen molar-refractivity contribution in [1.82, 2.24) is 4.90 Å². The van der Waals surface area contributed by atoms with E-state index in [9.17, 15) is 4.79 Å². The molecule has 0 saturated carbocycles. The molecule has 1 amide bonds. The quantitative estimate of drug-likeness (QED) is 0.801. The highest BCUT2D eigenvalue weighted by molar-refractivity contribution is 9.09. The highest BCUT2D eigenvalue weighted by Gasteiger charge is 2.36. The number of furan rings is 1. The number of carbonyl (C=O) groups excluding carboxylic acids is 1. The van der Waals surface area contributed by atoms with Crippen molar-refractivity contribution in [3.8, 4) is 0 Å². The van der Waals surface area contributed by atoms with Crippen LogP contribution >= 0.6 is 15.9 Å². The molecule has 3 rings (SSSR count). The zero-order valence-electron chi connectivity index (χ0n) is 11.0. The first kappa shape index (κ1) is 13.4. The Morgan fingerprint density at radius 1 is 1.25 bits per heavy atom. The molecule has 0 aliphatic carbocycles. The van der Waals surface area contributed by atoms with Gasteiger partial charge in [0.2, 0.25) is 5.91 Å². The van der Waals surface area contributed by atoms with E-state index < -0.39 is 0 Å². The van der Waals surface area contributed by atoms with Gasteiger partial charge in [0.1, 0.15) is 11.8 Å². The highest BCUT2D eigenvalue weighted by atomic mass is 79.9. The molecule has 20 heavy (non-hydrogen) atoms. The number of halogens is 1. The smallest absolute Gasteiger partial charge is 0.223 e. The SMILES string of the molecule is O=C1CC(CBr)CN1C(c1ccccc1)c1ccco1. The van der Waals surface area contributed by atoms with Crippen LogP contribution in [0.15, 0.2) is 53.1 Å². The van der Waals surface area contributed by atoms with Gasteiger partial charge in [-0.3, -0.25) is 4.79 Å². The second kappa shape index (κ2) is 5.83. The molecule has 104 valence electrons. The third-order valence-electron chi connectivity index (χ3n) is 3.70. The molecule has 1 aromatic carbocycles. The molecule has 1 fully saturated rings. The summed E-state index contributed by atoms with van der Waals surface area (Å²) in [4.78, 5) is 14.2. The molecular weight excluding hydrogens is 318 g/mol. The summed E-state index contributed by atoms with van der Waals surface area (Å²) < 4.78 is 5.57. The van der Waals surface area contributed by atoms with E-state index in [4.69, 9.17) is 4.42 Å². The van der Waals surface area contributed by atoms with Gasteiger partial charge in [-0.05, 0) is 23.6 Å². The number of amides is 1. The summed E-state index contributed by atoms with van der Waals surface area (Å²) in [6.45, 7) is 0.768. The molecule has 2 heterocycles. The molecule has 2 atom stereocenters. The Morgan fingerprint density at radius 3 is 2.65 bits per heavy atom. The number of carbonyl (C=O) groups is 1. The number of benzene rings is 1. The molecule has 2 unspecified atom stereocenters. The van der Waals surface area contributed by atoms with E-state index in [1.165, 1.54) is 0 Å². The van der Waals surface area contributed by atoms with Crippen LogP contribution in [0.5, 0.6) is 0 Å². The van der Waals surface area contributed by atoms with E-state index in [1.807, 2.05) is 47.4 Å². The first-order valence-electron chi connectivity index (χ1n) is 6.73. The van der Waals surface area contributed by atoms with E-state index in [0.29, 0.717) is 12.3 Å². The van der Waals surface area contributed by atoms with Crippen molar-refractivity contribution >= 4 is 21.8 Å². The monoisotopic (exact) mass is 333 g/mol. The van der Waals surface area contributed by atoms with Crippen LogP contribution in [0.4, 0.5) is 0 Å². The number of rotatable bonds is 4. The van der Waals surface area contributed by atoms with Gasteiger partial charge >= 0.3 is 0 Å². The number of likely N-dealkylation sites (tertiary alicyclic amines) is 1. The third-order valence-corrected chi connectivity index (χ3v) is 4.61. The maximum atomic E-state index is 12.3. The van der Waals surface area contributed by atoms with E-state index in [-0.39, 0.29) is 11.9 Å². The summed E-state index contributed by atoms with van der Waals surface area (Å²) >= 11 is 3.48. The Labute approximate surface area is 126 Å². The Bertz CT molecular complexity index is 567. The average molecular weight is 334 g/mol. The molecule has 0 N–H and O–H groups in total. The van der Waals surface area contributed by atoms with Gasteiger partial charge in [0.15, 0.2) is 0 Å². The molecule has 1 saturated heterocycles. The van der Waals surface area contributed by atoms with Crippen molar-refractivity contribution in [2.75, 3.05) is 11.9 Å². The second-order valence-corrected chi connectivity index (χ2v) is 5.75. The van der Waals surface area contributed by atoms with Crippen molar-refractivity contribution in [3.05, 3.63) is 60.1 Å². The number of alkyl halides is 1. The summed E-state index contributed by atoms with van der Waals surface area (Å²) in [5, 5.41) is 0.856. The van der Waals surface area contributed by atoms with Crippen LogP contribution in [0.25, 0.3) is 0 Å². The predicted molar refractivity (Wildman–Crippen MR) is 80.6 cm³/mol. The van der Waals surface area contributed by atoms with Crippen LogP contribution in [-0.4, -0.2) is 22.7 Å². The summed E-state index contributed by atoms with van der Waals surface area (Å²) in [5.41, 5.74) is 1.09. The first-order valence-corrected chi connectivity index (χ1v) is 7.85. The molecule has 0 radical (unpaired) electrons. The normalized spacial score (nSPS) is 20.4. The standard InChI is InChI=1S/C16H16BrNO2/c17-10-12-9-15(19)18(11-12)16(14-7-4-8-20-14)13-5-2-1-3-6-13/h1-8,12,16H,9-11H2. The van der Waals surface area contributed by atoms with Gasteiger partial charge in [0.05, 0.1) is 6.26 Å². The molecular formula is C16H16BrNO2. The lowest BCUT2D eigenvalue weighted by Crippen LogP contribution is -2.31. The third kappa shape index (κ3) is 2.52. The van der Waals surface area contributed by atoms with Gasteiger partial charge in [-0.25, -0.2) is 0 Å². The first-order chi connectivity index (χ1) is 9.79. The molecule has 1 aliphatic rings. The fourth-order valence-electron chi connectivity index (χ4n) is 2.74. The lowest BCUT2D eigenvalue weighted by Gasteiger charge is -2.27. The van der Waals surface area contributed by atoms with Gasteiger partial charge in [-0.15, -0.1) is 0 Å². The van der Waals surface area contributed by atoms with Crippen LogP contribution in [-0.2, 0) is 4.79 Å². The van der Waals surface area contributed by atoms with Gasteiger partial charge in [0.25, 0.3) is 0 Å². The van der Waals surface area contributed by atoms with Crippen LogP contribution < -0.4 is 0 Å². The molecule has 1 aromatic heterocycles. The van der Waals surface area contributed by atoms with Crippen molar-refractivity contribution < 1.29 is 9.21 Å². The van der Waals surface area contributed by atoms with Gasteiger partial charge in [-0.1, -0.05) is 46.3 Å². The summed E-state index contributed by atoms with van der Waals surface area (Å²) in [7, 11) is 0. The Kier molecular flexibility index (Phi) is 3.92. The minimum Gasteiger partial charge on any atom is -0.467 e. The average Bonchev–Trinajstić information content (AvgIpc) is 3.11. The van der Waals surface area contributed by atoms with E-state index >= 15 is 0 Å². The van der Waals surface area contributed by atoms with Crippen LogP contribution in [0, 0.1) is 5.92 Å². The molecule has 3 nitrogen and oxygen atoms in total. The molecule has 4 heteroatoms. The Hall–Kier alpha value is -1.55. The largest absolute Gasteiger partial charge is 0.467 e. The lowest BCUT2D eigenvalue weighted by atomic mass is 10.0. The Morgan fingerprint density at radius 2 is 2.05 bits per heavy atom. The number of hydrogen-bond donors (Lipinski definition) is 0. The van der Waals surface area contributed by atoms with Crippen molar-refractivity contribution in [2.24, 2.45) is 5.92 Å². The topological polar surface area (TPSA) is 33.5 Å². The van der Waals surface area contributed by atoms with E-state index in [2.05, 4.69) is 15.9 Å². The van der Waals surface area contributed by atoms with Crippen LogP contribution in [0.2, 0.25) is 0 Å². The minimum absolute atomic E-state index is 0.122. The fourth-order valence-corrected chi connectivity index (χ4v) is 3.18. The van der Waals surface area contributed by atoms with Gasteiger partial charge < -0.3 is 9.32 Å². The van der Waals surface area contributed by atoms with Gasteiger partial charge in [-0.2, -0.15) is 0 Å². The fraction of sp³-hybridized carbons (Fsp3) is 0.312. The summed E-state index contributed by atoms with van der Waals surface area (Å²) in [6.07, 6.45) is 2.27. The van der Waals surface area contributed by atoms with Crippen LogP contribution in [0.3, 0.4) is 0 Å². The zero-order valence-corrected chi connectivity index (χ0v) is 12.6. The van der Waals surface area contributed by atoms with Crippen LogP contribution in [0.1, 0.15) is 23.8 Å². The van der Waals surface area contributed by atoms with Crippen molar-refractivity contribution in [3.63, 3.8) is 0 Å². The van der Waals surface area contributed by atoms with E-state index in [0.717, 1.165) is 23.2 Å². The lowest BCUT2D eigenvalue weighted by molar-refractivity contribution is -0.129. The second-order valence-electron chi connectivity index (χ2n) is 5.10. The van der Waals surface area contributed by atoms with Crippen molar-refractivity contribution in [2.45, 2.75) is 12.5 Å². The molecule has 2 aromatic rings. The molecule has 0 bridgehead atoms. The molecule has 1 aliphatic heterocycles. The Balaban J connectivity index is 1.97. The summed E-state index contributed by atoms with van der Waals surface area (Å²) in [5.74, 6) is 1.39. The number of hydrogen-bond acceptors (Lipinski definition) is 2. The van der Waals surface area contributed by atoms with E-state index in [1.54, 1.807) is 6.26 Å². The maximum absolute atomic E-state index is 12.3. The predicted octanol–water partition coefficient (Wildman–Crippen LogP) is 3.61.